The van der Waals surface area contributed by atoms with Gasteiger partial charge in [-0.25, -0.2) is 8.78 Å². The molecule has 6 heteroatoms. The zero-order chi connectivity index (χ0) is 13.6. The van der Waals surface area contributed by atoms with Crippen LogP contribution in [0.15, 0.2) is 18.3 Å². The minimum absolute atomic E-state index is 0.0773. The molecule has 0 atom stereocenters. The number of benzene rings is 1. The lowest BCUT2D eigenvalue weighted by Gasteiger charge is -2.14. The van der Waals surface area contributed by atoms with Crippen LogP contribution < -0.4 is 5.73 Å². The van der Waals surface area contributed by atoms with Gasteiger partial charge >= 0.3 is 0 Å². The molecule has 3 rings (SSSR count). The van der Waals surface area contributed by atoms with Crippen molar-refractivity contribution < 1.29 is 8.78 Å². The van der Waals surface area contributed by atoms with Gasteiger partial charge < -0.3 is 15.3 Å². The standard InChI is InChI=1S/C13H13F2N3S/c14-11-3-7-1-9(2-8(7)4-12(11)15)18-10(5-16)6-17-13(18)19/h3-4,6,9H,1-2,5,16H2,(H,17,19). The van der Waals surface area contributed by atoms with Gasteiger partial charge in [-0.15, -0.1) is 0 Å². The number of halogens is 2. The second-order valence-corrected chi connectivity index (χ2v) is 5.14. The Morgan fingerprint density at radius 2 is 1.84 bits per heavy atom. The van der Waals surface area contributed by atoms with Crippen molar-refractivity contribution in [2.24, 2.45) is 5.73 Å². The number of nitrogens with zero attached hydrogens (tertiary/aromatic N) is 1. The van der Waals surface area contributed by atoms with Gasteiger partial charge in [-0.05, 0) is 48.3 Å². The SMILES string of the molecule is NCc1c[nH]c(=S)n1C1Cc2cc(F)c(F)cc2C1. The van der Waals surface area contributed by atoms with Gasteiger partial charge in [0.05, 0.1) is 5.69 Å². The number of imidazole rings is 1. The fourth-order valence-electron chi connectivity index (χ4n) is 2.74. The van der Waals surface area contributed by atoms with E-state index in [0.29, 0.717) is 24.2 Å². The number of aromatic amines is 1. The molecule has 0 saturated heterocycles. The Morgan fingerprint density at radius 3 is 2.37 bits per heavy atom. The molecule has 0 radical (unpaired) electrons. The summed E-state index contributed by atoms with van der Waals surface area (Å²) in [4.78, 5) is 2.96. The van der Waals surface area contributed by atoms with Gasteiger partial charge in [0.15, 0.2) is 16.4 Å². The van der Waals surface area contributed by atoms with Gasteiger partial charge in [-0.1, -0.05) is 0 Å². The molecule has 2 aromatic rings. The molecule has 0 saturated carbocycles. The number of rotatable bonds is 2. The molecule has 0 spiro atoms. The molecular weight excluding hydrogens is 268 g/mol. The zero-order valence-corrected chi connectivity index (χ0v) is 10.9. The average molecular weight is 281 g/mol. The first-order valence-electron chi connectivity index (χ1n) is 6.05. The maximum absolute atomic E-state index is 13.2. The average Bonchev–Trinajstić information content (AvgIpc) is 2.93. The summed E-state index contributed by atoms with van der Waals surface area (Å²) < 4.78 is 29.0. The van der Waals surface area contributed by atoms with Crippen LogP contribution in [0.1, 0.15) is 22.9 Å². The number of nitrogens with one attached hydrogen (secondary N) is 1. The first-order valence-corrected chi connectivity index (χ1v) is 6.46. The summed E-state index contributed by atoms with van der Waals surface area (Å²) in [5, 5.41) is 0. The van der Waals surface area contributed by atoms with Gasteiger partial charge in [0.1, 0.15) is 0 Å². The smallest absolute Gasteiger partial charge is 0.177 e. The summed E-state index contributed by atoms with van der Waals surface area (Å²) in [5.41, 5.74) is 8.27. The van der Waals surface area contributed by atoms with Crippen LogP contribution in [0.2, 0.25) is 0 Å². The number of fused-ring (bicyclic) bond motifs is 1. The van der Waals surface area contributed by atoms with Crippen molar-refractivity contribution in [3.05, 3.63) is 51.6 Å². The second-order valence-electron chi connectivity index (χ2n) is 4.76. The van der Waals surface area contributed by atoms with E-state index >= 15 is 0 Å². The summed E-state index contributed by atoms with van der Waals surface area (Å²) in [7, 11) is 0. The van der Waals surface area contributed by atoms with E-state index in [9.17, 15) is 8.78 Å². The number of hydrogen-bond acceptors (Lipinski definition) is 2. The number of nitrogens with two attached hydrogens (primary N) is 1. The number of H-pyrrole nitrogens is 1. The minimum atomic E-state index is -0.795. The molecule has 1 aromatic heterocycles. The van der Waals surface area contributed by atoms with Crippen LogP contribution in [0.3, 0.4) is 0 Å². The Hall–Kier alpha value is -1.53. The highest BCUT2D eigenvalue weighted by Gasteiger charge is 2.26. The van der Waals surface area contributed by atoms with Gasteiger partial charge in [0.2, 0.25) is 0 Å². The van der Waals surface area contributed by atoms with Crippen molar-refractivity contribution >= 4 is 12.2 Å². The molecule has 1 aromatic carbocycles. The van der Waals surface area contributed by atoms with E-state index in [2.05, 4.69) is 4.98 Å². The first kappa shape index (κ1) is 12.5. The third-order valence-electron chi connectivity index (χ3n) is 3.62. The molecule has 0 fully saturated rings. The Morgan fingerprint density at radius 1 is 1.26 bits per heavy atom. The van der Waals surface area contributed by atoms with Gasteiger partial charge in [0, 0.05) is 18.8 Å². The van der Waals surface area contributed by atoms with Crippen molar-refractivity contribution in [1.29, 1.82) is 0 Å². The predicted octanol–water partition coefficient (Wildman–Crippen LogP) is 2.62. The van der Waals surface area contributed by atoms with Crippen LogP contribution in [0.5, 0.6) is 0 Å². The Balaban J connectivity index is 2.00. The lowest BCUT2D eigenvalue weighted by atomic mass is 10.1. The van der Waals surface area contributed by atoms with Crippen molar-refractivity contribution in [1.82, 2.24) is 9.55 Å². The van der Waals surface area contributed by atoms with Crippen LogP contribution in [0.25, 0.3) is 0 Å². The van der Waals surface area contributed by atoms with E-state index in [1.807, 2.05) is 4.57 Å². The van der Waals surface area contributed by atoms with Crippen LogP contribution in [0, 0.1) is 16.4 Å². The van der Waals surface area contributed by atoms with E-state index < -0.39 is 11.6 Å². The Labute approximate surface area is 114 Å². The summed E-state index contributed by atoms with van der Waals surface area (Å²) in [5.74, 6) is -1.59. The zero-order valence-electron chi connectivity index (χ0n) is 10.1. The molecule has 1 aliphatic carbocycles. The van der Waals surface area contributed by atoms with E-state index in [1.165, 1.54) is 12.1 Å². The van der Waals surface area contributed by atoms with Crippen molar-refractivity contribution in [2.75, 3.05) is 0 Å². The van der Waals surface area contributed by atoms with E-state index in [4.69, 9.17) is 18.0 Å². The highest BCUT2D eigenvalue weighted by Crippen LogP contribution is 2.32. The molecule has 19 heavy (non-hydrogen) atoms. The van der Waals surface area contributed by atoms with Gasteiger partial charge in [0.25, 0.3) is 0 Å². The van der Waals surface area contributed by atoms with Crippen LogP contribution in [0.4, 0.5) is 8.78 Å². The van der Waals surface area contributed by atoms with E-state index in [0.717, 1.165) is 16.8 Å². The molecule has 1 aliphatic rings. The quantitative estimate of drug-likeness (QED) is 0.831. The Bertz CT molecular complexity index is 659. The lowest BCUT2D eigenvalue weighted by molar-refractivity contribution is 0.504. The maximum Gasteiger partial charge on any atom is 0.177 e. The summed E-state index contributed by atoms with van der Waals surface area (Å²) in [6.07, 6.45) is 3.07. The summed E-state index contributed by atoms with van der Waals surface area (Å²) in [6.45, 7) is 0.378. The molecule has 0 amide bonds. The van der Waals surface area contributed by atoms with Crippen LogP contribution in [-0.2, 0) is 19.4 Å². The second kappa shape index (κ2) is 4.54. The van der Waals surface area contributed by atoms with Crippen LogP contribution in [-0.4, -0.2) is 9.55 Å². The molecular formula is C13H13F2N3S. The largest absolute Gasteiger partial charge is 0.337 e. The van der Waals surface area contributed by atoms with Gasteiger partial charge in [-0.2, -0.15) is 0 Å². The van der Waals surface area contributed by atoms with Crippen molar-refractivity contribution in [3.8, 4) is 0 Å². The number of hydrogen-bond donors (Lipinski definition) is 2. The normalized spacial score (nSPS) is 14.9. The fraction of sp³-hybridized carbons (Fsp3) is 0.308. The molecule has 0 bridgehead atoms. The van der Waals surface area contributed by atoms with E-state index in [1.54, 1.807) is 6.20 Å². The molecule has 3 N–H and O–H groups in total. The Kier molecular flexibility index (Phi) is 2.99. The summed E-state index contributed by atoms with van der Waals surface area (Å²) in [6, 6.07) is 2.64. The maximum atomic E-state index is 13.2. The molecule has 0 unspecified atom stereocenters. The van der Waals surface area contributed by atoms with Crippen LogP contribution >= 0.6 is 12.2 Å². The van der Waals surface area contributed by atoms with Crippen molar-refractivity contribution in [3.63, 3.8) is 0 Å². The topological polar surface area (TPSA) is 46.7 Å². The molecule has 0 aliphatic heterocycles. The summed E-state index contributed by atoms with van der Waals surface area (Å²) >= 11 is 5.24. The molecule has 100 valence electrons. The molecule has 3 nitrogen and oxygen atoms in total. The highest BCUT2D eigenvalue weighted by molar-refractivity contribution is 7.71. The van der Waals surface area contributed by atoms with E-state index in [-0.39, 0.29) is 6.04 Å². The van der Waals surface area contributed by atoms with Crippen molar-refractivity contribution in [2.45, 2.75) is 25.4 Å². The van der Waals surface area contributed by atoms with Gasteiger partial charge in [-0.3, -0.25) is 0 Å². The number of aromatic nitrogens is 2. The minimum Gasteiger partial charge on any atom is -0.337 e. The fourth-order valence-corrected chi connectivity index (χ4v) is 3.07. The first-order chi connectivity index (χ1) is 9.10. The third-order valence-corrected chi connectivity index (χ3v) is 3.93. The third kappa shape index (κ3) is 2.01. The highest BCUT2D eigenvalue weighted by atomic mass is 32.1. The lowest BCUT2D eigenvalue weighted by Crippen LogP contribution is -2.14. The monoisotopic (exact) mass is 281 g/mol. The molecule has 1 heterocycles. The predicted molar refractivity (Wildman–Crippen MR) is 70.3 cm³/mol.